The van der Waals surface area contributed by atoms with E-state index in [1.807, 2.05) is 0 Å². The number of hydrogen-bond acceptors (Lipinski definition) is 5. The van der Waals surface area contributed by atoms with E-state index in [-0.39, 0.29) is 17.3 Å². The summed E-state index contributed by atoms with van der Waals surface area (Å²) in [5.74, 6) is -2.59. The summed E-state index contributed by atoms with van der Waals surface area (Å²) in [7, 11) is 1.41. The Balaban J connectivity index is 2.40. The molecule has 21 heavy (non-hydrogen) atoms. The number of nitrogens with zero attached hydrogens (tertiary/aromatic N) is 2. The van der Waals surface area contributed by atoms with Crippen LogP contribution in [0.25, 0.3) is 0 Å². The van der Waals surface area contributed by atoms with Gasteiger partial charge in [-0.15, -0.1) is 0 Å². The Morgan fingerprint density at radius 2 is 2.00 bits per heavy atom. The number of anilines is 1. The number of non-ortho nitro benzene ring substituents is 1. The fourth-order valence-electron chi connectivity index (χ4n) is 1.52. The molecule has 1 aromatic carbocycles. The van der Waals surface area contributed by atoms with Crippen molar-refractivity contribution in [3.05, 3.63) is 50.5 Å². The minimum Gasteiger partial charge on any atom is -0.436 e. The summed E-state index contributed by atoms with van der Waals surface area (Å²) >= 11 is 3.08. The summed E-state index contributed by atoms with van der Waals surface area (Å²) in [6.07, 6.45) is 0. The standard InChI is InChI=1S/C12H8BrF2N3O3/c1-16-11-9(14)5-10(15)12(17-11)21-8-3-6(13)2-7(4-8)18(19)20/h2-5H,1H3,(H,16,17). The summed E-state index contributed by atoms with van der Waals surface area (Å²) in [6, 6.07) is 4.38. The Hall–Kier alpha value is -2.29. The highest BCUT2D eigenvalue weighted by Crippen LogP contribution is 2.31. The maximum absolute atomic E-state index is 13.6. The van der Waals surface area contributed by atoms with Gasteiger partial charge in [0.1, 0.15) is 5.75 Å². The SMILES string of the molecule is CNc1nc(Oc2cc(Br)cc([N+](=O)[O-])c2)c(F)cc1F. The number of nitro groups is 1. The van der Waals surface area contributed by atoms with Gasteiger partial charge >= 0.3 is 0 Å². The molecule has 0 fully saturated rings. The van der Waals surface area contributed by atoms with Gasteiger partial charge in [0.05, 0.1) is 11.0 Å². The molecule has 0 saturated heterocycles. The topological polar surface area (TPSA) is 77.3 Å². The van der Waals surface area contributed by atoms with Gasteiger partial charge in [0, 0.05) is 23.7 Å². The van der Waals surface area contributed by atoms with Crippen molar-refractivity contribution in [3.63, 3.8) is 0 Å². The molecule has 0 unspecified atom stereocenters. The van der Waals surface area contributed by atoms with Crippen LogP contribution in [0.5, 0.6) is 11.6 Å². The average molecular weight is 360 g/mol. The smallest absolute Gasteiger partial charge is 0.274 e. The van der Waals surface area contributed by atoms with E-state index in [4.69, 9.17) is 4.74 Å². The molecule has 2 rings (SSSR count). The highest BCUT2D eigenvalue weighted by Gasteiger charge is 2.15. The number of benzene rings is 1. The second-order valence-corrected chi connectivity index (χ2v) is 4.78. The molecule has 0 aliphatic rings. The van der Waals surface area contributed by atoms with E-state index in [9.17, 15) is 18.9 Å². The van der Waals surface area contributed by atoms with Crippen LogP contribution in [0.2, 0.25) is 0 Å². The zero-order chi connectivity index (χ0) is 15.6. The Morgan fingerprint density at radius 3 is 2.62 bits per heavy atom. The van der Waals surface area contributed by atoms with Gasteiger partial charge in [-0.1, -0.05) is 15.9 Å². The van der Waals surface area contributed by atoms with Crippen LogP contribution in [-0.2, 0) is 0 Å². The lowest BCUT2D eigenvalue weighted by atomic mass is 10.3. The number of ether oxygens (including phenoxy) is 1. The van der Waals surface area contributed by atoms with Crippen molar-refractivity contribution in [2.75, 3.05) is 12.4 Å². The summed E-state index contributed by atoms with van der Waals surface area (Å²) in [5, 5.41) is 13.2. The third-order valence-corrected chi connectivity index (χ3v) is 2.87. The molecule has 1 aromatic heterocycles. The number of pyridine rings is 1. The maximum atomic E-state index is 13.6. The van der Waals surface area contributed by atoms with Crippen molar-refractivity contribution in [1.29, 1.82) is 0 Å². The highest BCUT2D eigenvalue weighted by molar-refractivity contribution is 9.10. The van der Waals surface area contributed by atoms with E-state index in [1.165, 1.54) is 19.2 Å². The van der Waals surface area contributed by atoms with Gasteiger partial charge in [-0.2, -0.15) is 4.98 Å². The minimum atomic E-state index is -1.02. The normalized spacial score (nSPS) is 10.3. The molecule has 1 heterocycles. The van der Waals surface area contributed by atoms with E-state index in [2.05, 4.69) is 26.2 Å². The molecule has 0 amide bonds. The van der Waals surface area contributed by atoms with Crippen LogP contribution >= 0.6 is 15.9 Å². The molecular weight excluding hydrogens is 352 g/mol. The predicted molar refractivity (Wildman–Crippen MR) is 74.6 cm³/mol. The van der Waals surface area contributed by atoms with Gasteiger partial charge in [-0.25, -0.2) is 8.78 Å². The second kappa shape index (κ2) is 6.00. The largest absolute Gasteiger partial charge is 0.436 e. The molecule has 0 aliphatic carbocycles. The molecular formula is C12H8BrF2N3O3. The van der Waals surface area contributed by atoms with Gasteiger partial charge < -0.3 is 10.1 Å². The Labute approximate surface area is 126 Å². The second-order valence-electron chi connectivity index (χ2n) is 3.86. The van der Waals surface area contributed by atoms with Crippen molar-refractivity contribution >= 4 is 27.4 Å². The minimum absolute atomic E-state index is 0.00358. The number of halogens is 3. The zero-order valence-corrected chi connectivity index (χ0v) is 12.1. The van der Waals surface area contributed by atoms with Crippen LogP contribution in [-0.4, -0.2) is 17.0 Å². The first-order valence-corrected chi connectivity index (χ1v) is 6.36. The third kappa shape index (κ3) is 3.43. The lowest BCUT2D eigenvalue weighted by Gasteiger charge is -2.08. The van der Waals surface area contributed by atoms with Crippen LogP contribution in [0.1, 0.15) is 0 Å². The summed E-state index contributed by atoms with van der Waals surface area (Å²) in [5.41, 5.74) is -0.240. The molecule has 0 atom stereocenters. The fraction of sp³-hybridized carbons (Fsp3) is 0.0833. The number of aromatic nitrogens is 1. The molecule has 110 valence electrons. The van der Waals surface area contributed by atoms with Crippen LogP contribution in [0.3, 0.4) is 0 Å². The first-order chi connectivity index (χ1) is 9.90. The third-order valence-electron chi connectivity index (χ3n) is 2.42. The van der Waals surface area contributed by atoms with Crippen molar-refractivity contribution in [2.45, 2.75) is 0 Å². The first kappa shape index (κ1) is 15.1. The molecule has 1 N–H and O–H groups in total. The zero-order valence-electron chi connectivity index (χ0n) is 10.6. The molecule has 0 aliphatic heterocycles. The Bertz CT molecular complexity index is 712. The molecule has 0 radical (unpaired) electrons. The van der Waals surface area contributed by atoms with E-state index >= 15 is 0 Å². The van der Waals surface area contributed by atoms with Gasteiger partial charge in [0.15, 0.2) is 17.5 Å². The molecule has 2 aromatic rings. The maximum Gasteiger partial charge on any atom is 0.274 e. The van der Waals surface area contributed by atoms with Crippen LogP contribution in [0, 0.1) is 21.7 Å². The molecule has 6 nitrogen and oxygen atoms in total. The highest BCUT2D eigenvalue weighted by atomic mass is 79.9. The van der Waals surface area contributed by atoms with Crippen molar-refractivity contribution in [1.82, 2.24) is 4.98 Å². The number of nitro benzene ring substituents is 1. The monoisotopic (exact) mass is 359 g/mol. The van der Waals surface area contributed by atoms with Gasteiger partial charge in [-0.05, 0) is 6.07 Å². The van der Waals surface area contributed by atoms with Gasteiger partial charge in [0.25, 0.3) is 11.6 Å². The quantitative estimate of drug-likeness (QED) is 0.662. The van der Waals surface area contributed by atoms with E-state index in [1.54, 1.807) is 0 Å². The van der Waals surface area contributed by atoms with Crippen molar-refractivity contribution in [3.8, 4) is 11.6 Å². The van der Waals surface area contributed by atoms with E-state index < -0.39 is 22.4 Å². The average Bonchev–Trinajstić information content (AvgIpc) is 2.41. The summed E-state index contributed by atoms with van der Waals surface area (Å²) in [4.78, 5) is 13.8. The summed E-state index contributed by atoms with van der Waals surface area (Å²) < 4.78 is 32.4. The lowest BCUT2D eigenvalue weighted by Crippen LogP contribution is -2.01. The molecule has 0 saturated carbocycles. The van der Waals surface area contributed by atoms with E-state index in [0.29, 0.717) is 10.5 Å². The molecule has 9 heteroatoms. The van der Waals surface area contributed by atoms with Crippen LogP contribution in [0.4, 0.5) is 20.3 Å². The van der Waals surface area contributed by atoms with E-state index in [0.717, 1.165) is 6.07 Å². The Morgan fingerprint density at radius 1 is 1.29 bits per heavy atom. The Kier molecular flexibility index (Phi) is 4.32. The van der Waals surface area contributed by atoms with Crippen molar-refractivity contribution in [2.24, 2.45) is 0 Å². The summed E-state index contributed by atoms with van der Waals surface area (Å²) in [6.45, 7) is 0. The van der Waals surface area contributed by atoms with Crippen LogP contribution in [0.15, 0.2) is 28.7 Å². The molecule has 0 bridgehead atoms. The number of nitrogens with one attached hydrogen (secondary N) is 1. The van der Waals surface area contributed by atoms with Gasteiger partial charge in [-0.3, -0.25) is 10.1 Å². The fourth-order valence-corrected chi connectivity index (χ4v) is 1.98. The molecule has 0 spiro atoms. The van der Waals surface area contributed by atoms with Crippen LogP contribution < -0.4 is 10.1 Å². The number of hydrogen-bond donors (Lipinski definition) is 1. The van der Waals surface area contributed by atoms with Crippen molar-refractivity contribution < 1.29 is 18.4 Å². The first-order valence-electron chi connectivity index (χ1n) is 5.57. The van der Waals surface area contributed by atoms with Gasteiger partial charge in [0.2, 0.25) is 0 Å². The lowest BCUT2D eigenvalue weighted by molar-refractivity contribution is -0.385. The predicted octanol–water partition coefficient (Wildman–Crippen LogP) is 3.86. The number of rotatable bonds is 4.